The Morgan fingerprint density at radius 3 is 2.29 bits per heavy atom. The lowest BCUT2D eigenvalue weighted by atomic mass is 10.3. The molecule has 0 amide bonds. The predicted molar refractivity (Wildman–Crippen MR) is 86.4 cm³/mol. The van der Waals surface area contributed by atoms with E-state index in [2.05, 4.69) is 39.1 Å². The van der Waals surface area contributed by atoms with Crippen molar-refractivity contribution in [3.05, 3.63) is 0 Å². The highest BCUT2D eigenvalue weighted by Crippen LogP contribution is 1.99. The SMILES string of the molecule is CCN(CCN1CCOCC1)NCCN1CCN(C)CC1. The van der Waals surface area contributed by atoms with E-state index in [4.69, 9.17) is 4.74 Å². The van der Waals surface area contributed by atoms with Crippen molar-refractivity contribution in [2.24, 2.45) is 0 Å². The minimum absolute atomic E-state index is 0.892. The van der Waals surface area contributed by atoms with Crippen LogP contribution in [0.25, 0.3) is 0 Å². The molecule has 21 heavy (non-hydrogen) atoms. The molecule has 0 aromatic heterocycles. The third kappa shape index (κ3) is 6.59. The van der Waals surface area contributed by atoms with E-state index >= 15 is 0 Å². The molecule has 0 aliphatic carbocycles. The quantitative estimate of drug-likeness (QED) is 0.603. The molecule has 0 spiro atoms. The third-order valence-electron chi connectivity index (χ3n) is 4.53. The van der Waals surface area contributed by atoms with Crippen molar-refractivity contribution in [1.29, 1.82) is 0 Å². The largest absolute Gasteiger partial charge is 0.379 e. The van der Waals surface area contributed by atoms with Crippen LogP contribution in [0, 0.1) is 0 Å². The van der Waals surface area contributed by atoms with Gasteiger partial charge in [0.05, 0.1) is 13.2 Å². The molecule has 0 unspecified atom stereocenters. The van der Waals surface area contributed by atoms with Crippen LogP contribution < -0.4 is 5.43 Å². The topological polar surface area (TPSA) is 34.2 Å². The van der Waals surface area contributed by atoms with Gasteiger partial charge in [-0.2, -0.15) is 0 Å². The number of hydrogen-bond acceptors (Lipinski definition) is 6. The number of ether oxygens (including phenoxy) is 1. The number of rotatable bonds is 8. The maximum atomic E-state index is 5.39. The van der Waals surface area contributed by atoms with E-state index in [9.17, 15) is 0 Å². The van der Waals surface area contributed by atoms with E-state index in [0.717, 1.165) is 59.0 Å². The van der Waals surface area contributed by atoms with Crippen molar-refractivity contribution in [2.45, 2.75) is 6.92 Å². The van der Waals surface area contributed by atoms with Crippen LogP contribution >= 0.6 is 0 Å². The van der Waals surface area contributed by atoms with Crippen LogP contribution in [0.4, 0.5) is 0 Å². The molecule has 2 aliphatic rings. The summed E-state index contributed by atoms with van der Waals surface area (Å²) < 4.78 is 5.39. The average molecular weight is 299 g/mol. The van der Waals surface area contributed by atoms with E-state index in [0.29, 0.717) is 0 Å². The lowest BCUT2D eigenvalue weighted by Crippen LogP contribution is -2.50. The van der Waals surface area contributed by atoms with Crippen LogP contribution in [0.3, 0.4) is 0 Å². The lowest BCUT2D eigenvalue weighted by molar-refractivity contribution is 0.0300. The van der Waals surface area contributed by atoms with Gasteiger partial charge in [-0.25, -0.2) is 5.01 Å². The van der Waals surface area contributed by atoms with Crippen LogP contribution in [-0.2, 0) is 4.74 Å². The Morgan fingerprint density at radius 2 is 1.62 bits per heavy atom. The van der Waals surface area contributed by atoms with Gasteiger partial charge in [0, 0.05) is 72.0 Å². The molecule has 2 heterocycles. The number of hydrogen-bond donors (Lipinski definition) is 1. The van der Waals surface area contributed by atoms with Crippen molar-refractivity contribution < 1.29 is 4.74 Å². The molecule has 0 aromatic carbocycles. The second-order valence-electron chi connectivity index (χ2n) is 6.09. The molecule has 0 aromatic rings. The Labute approximate surface area is 130 Å². The first kappa shape index (κ1) is 17.1. The van der Waals surface area contributed by atoms with Gasteiger partial charge in [-0.1, -0.05) is 6.92 Å². The Morgan fingerprint density at radius 1 is 0.952 bits per heavy atom. The Balaban J connectivity index is 1.54. The first-order valence-electron chi connectivity index (χ1n) is 8.47. The molecule has 0 atom stereocenters. The highest BCUT2D eigenvalue weighted by molar-refractivity contribution is 4.70. The van der Waals surface area contributed by atoms with Crippen molar-refractivity contribution in [3.8, 4) is 0 Å². The molecule has 1 N–H and O–H groups in total. The summed E-state index contributed by atoms with van der Waals surface area (Å²) in [6.45, 7) is 16.5. The average Bonchev–Trinajstić information content (AvgIpc) is 2.53. The summed E-state index contributed by atoms with van der Waals surface area (Å²) in [6, 6.07) is 0. The smallest absolute Gasteiger partial charge is 0.0594 e. The number of likely N-dealkylation sites (N-methyl/N-ethyl adjacent to an activating group) is 2. The van der Waals surface area contributed by atoms with E-state index in [1.54, 1.807) is 0 Å². The van der Waals surface area contributed by atoms with Gasteiger partial charge >= 0.3 is 0 Å². The normalized spacial score (nSPS) is 23.0. The molecule has 124 valence electrons. The highest BCUT2D eigenvalue weighted by atomic mass is 16.5. The lowest BCUT2D eigenvalue weighted by Gasteiger charge is -2.33. The summed E-state index contributed by atoms with van der Waals surface area (Å²) in [6.07, 6.45) is 0. The Bertz CT molecular complexity index is 265. The van der Waals surface area contributed by atoms with Crippen molar-refractivity contribution in [3.63, 3.8) is 0 Å². The fourth-order valence-corrected chi connectivity index (χ4v) is 2.87. The molecule has 0 bridgehead atoms. The molecule has 6 nitrogen and oxygen atoms in total. The predicted octanol–water partition coefficient (Wildman–Crippen LogP) is -0.607. The summed E-state index contributed by atoms with van der Waals surface area (Å²) >= 11 is 0. The van der Waals surface area contributed by atoms with E-state index in [1.807, 2.05) is 0 Å². The van der Waals surface area contributed by atoms with Gasteiger partial charge in [-0.15, -0.1) is 0 Å². The second-order valence-corrected chi connectivity index (χ2v) is 6.09. The third-order valence-corrected chi connectivity index (χ3v) is 4.53. The molecule has 2 rings (SSSR count). The minimum Gasteiger partial charge on any atom is -0.379 e. The molecule has 2 fully saturated rings. The molecule has 0 radical (unpaired) electrons. The van der Waals surface area contributed by atoms with E-state index < -0.39 is 0 Å². The van der Waals surface area contributed by atoms with Gasteiger partial charge in [0.2, 0.25) is 0 Å². The van der Waals surface area contributed by atoms with Crippen LogP contribution in [0.5, 0.6) is 0 Å². The van der Waals surface area contributed by atoms with Crippen LogP contribution in [0.1, 0.15) is 6.92 Å². The standard InChI is InChI=1S/C15H33N5O/c1-3-20(11-10-19-12-14-21-15-13-19)16-4-5-18-8-6-17(2)7-9-18/h16H,3-15H2,1-2H3. The minimum atomic E-state index is 0.892. The first-order chi connectivity index (χ1) is 10.3. The summed E-state index contributed by atoms with van der Waals surface area (Å²) in [5, 5.41) is 2.35. The molecular formula is C15H33N5O. The van der Waals surface area contributed by atoms with Crippen molar-refractivity contribution in [2.75, 3.05) is 92.3 Å². The van der Waals surface area contributed by atoms with Gasteiger partial charge < -0.3 is 9.64 Å². The molecule has 2 saturated heterocycles. The number of nitrogens with one attached hydrogen (secondary N) is 1. The summed E-state index contributed by atoms with van der Waals surface area (Å²) in [5.74, 6) is 0. The van der Waals surface area contributed by atoms with Crippen LogP contribution in [0.15, 0.2) is 0 Å². The summed E-state index contributed by atoms with van der Waals surface area (Å²) in [4.78, 5) is 7.46. The molecule has 2 aliphatic heterocycles. The molecule has 0 saturated carbocycles. The fourth-order valence-electron chi connectivity index (χ4n) is 2.87. The van der Waals surface area contributed by atoms with Gasteiger partial charge in [-0.05, 0) is 7.05 Å². The van der Waals surface area contributed by atoms with Crippen molar-refractivity contribution >= 4 is 0 Å². The fraction of sp³-hybridized carbons (Fsp3) is 1.00. The maximum Gasteiger partial charge on any atom is 0.0594 e. The summed E-state index contributed by atoms with van der Waals surface area (Å²) in [5.41, 5.74) is 3.59. The zero-order valence-electron chi connectivity index (χ0n) is 13.9. The zero-order chi connectivity index (χ0) is 14.9. The van der Waals surface area contributed by atoms with Gasteiger partial charge in [0.15, 0.2) is 0 Å². The monoisotopic (exact) mass is 299 g/mol. The van der Waals surface area contributed by atoms with Crippen LogP contribution in [-0.4, -0.2) is 112 Å². The van der Waals surface area contributed by atoms with Crippen LogP contribution in [0.2, 0.25) is 0 Å². The van der Waals surface area contributed by atoms with E-state index in [-0.39, 0.29) is 0 Å². The number of hydrazine groups is 1. The maximum absolute atomic E-state index is 5.39. The van der Waals surface area contributed by atoms with E-state index in [1.165, 1.54) is 26.2 Å². The zero-order valence-corrected chi connectivity index (χ0v) is 13.9. The Kier molecular flexibility index (Phi) is 7.92. The molecule has 6 heteroatoms. The number of morpholine rings is 1. The number of piperazine rings is 1. The van der Waals surface area contributed by atoms with Crippen molar-refractivity contribution in [1.82, 2.24) is 25.1 Å². The summed E-state index contributed by atoms with van der Waals surface area (Å²) in [7, 11) is 2.21. The number of nitrogens with zero attached hydrogens (tertiary/aromatic N) is 4. The van der Waals surface area contributed by atoms with Gasteiger partial charge in [-0.3, -0.25) is 15.2 Å². The molecular weight excluding hydrogens is 266 g/mol. The Hall–Kier alpha value is -0.240. The van der Waals surface area contributed by atoms with Gasteiger partial charge in [0.25, 0.3) is 0 Å². The van der Waals surface area contributed by atoms with Gasteiger partial charge in [0.1, 0.15) is 0 Å². The first-order valence-corrected chi connectivity index (χ1v) is 8.47. The second kappa shape index (κ2) is 9.71. The highest BCUT2D eigenvalue weighted by Gasteiger charge is 2.14.